The van der Waals surface area contributed by atoms with E-state index >= 15 is 0 Å². The first kappa shape index (κ1) is 74.3. The van der Waals surface area contributed by atoms with Crippen LogP contribution in [0.2, 0.25) is 0 Å². The van der Waals surface area contributed by atoms with Gasteiger partial charge in [-0.15, -0.1) is 0 Å². The molecule has 0 saturated carbocycles. The summed E-state index contributed by atoms with van der Waals surface area (Å²) in [4.78, 5) is 131. The fourth-order valence-corrected chi connectivity index (χ4v) is 7.95. The highest BCUT2D eigenvalue weighted by molar-refractivity contribution is 7.78. The Morgan fingerprint density at radius 2 is 0.725 bits per heavy atom. The molecule has 80 heavy (non-hydrogen) atoms. The third-order valence-electron chi connectivity index (χ3n) is 12.2. The Kier molecular flexibility index (Phi) is 46.7. The van der Waals surface area contributed by atoms with Crippen LogP contribution in [-0.4, -0.2) is 189 Å². The van der Waals surface area contributed by atoms with Crippen LogP contribution in [0.4, 0.5) is 0 Å². The van der Waals surface area contributed by atoms with Gasteiger partial charge < -0.3 is 76.6 Å². The summed E-state index contributed by atoms with van der Waals surface area (Å²) in [5.74, 6) is -8.19. The number of carboxylic acid groups (broad SMARTS) is 4. The summed E-state index contributed by atoms with van der Waals surface area (Å²) in [6.07, 6.45) is 15.5. The zero-order chi connectivity index (χ0) is 59.6. The second-order valence-electron chi connectivity index (χ2n) is 19.0. The van der Waals surface area contributed by atoms with E-state index in [0.717, 1.165) is 51.4 Å². The van der Waals surface area contributed by atoms with Crippen LogP contribution in [0.25, 0.3) is 0 Å². The lowest BCUT2D eigenvalue weighted by molar-refractivity contribution is -0.144. The quantitative estimate of drug-likeness (QED) is 0.0303. The molecule has 0 aromatic carbocycles. The minimum atomic E-state index is -1.48. The lowest BCUT2D eigenvalue weighted by Gasteiger charge is -2.17. The van der Waals surface area contributed by atoms with Crippen molar-refractivity contribution in [2.45, 2.75) is 185 Å². The van der Waals surface area contributed by atoms with Crippen LogP contribution in [0.15, 0.2) is 0 Å². The van der Waals surface area contributed by atoms with Gasteiger partial charge in [-0.3, -0.25) is 43.1 Å². The molecule has 0 aliphatic rings. The molecule has 4 atom stereocenters. The maximum Gasteiger partial charge on any atom is 0.326 e. The van der Waals surface area contributed by atoms with E-state index in [2.05, 4.69) is 54.8 Å². The summed E-state index contributed by atoms with van der Waals surface area (Å²) in [6.45, 7) is 0.266. The van der Waals surface area contributed by atoms with Gasteiger partial charge >= 0.3 is 23.9 Å². The smallest absolute Gasteiger partial charge is 0.326 e. The molecule has 12 N–H and O–H groups in total. The Morgan fingerprint density at radius 3 is 1.15 bits per heavy atom. The number of aliphatic carboxylic acids is 4. The highest BCUT2D eigenvalue weighted by Gasteiger charge is 2.25. The molecule has 0 aliphatic heterocycles. The minimum absolute atomic E-state index is 0.0375. The average Bonchev–Trinajstić information content (AvgIpc) is 3.41. The molecule has 0 heterocycles. The van der Waals surface area contributed by atoms with Crippen molar-refractivity contribution < 1.29 is 92.1 Å². The van der Waals surface area contributed by atoms with E-state index in [1.165, 1.54) is 39.2 Å². The SMILES string of the molecule is CNC(=O)C(CCCCNC(=O)CCC(NC(=O)CC[C@H](NC(=O)COCCOCCNC(=O)COCCOCCNC(=O)CCC(NC(=O)CCCCCCCCCCCCCCCCC(=O)O)C(=O)O)C(=O)O)C(=O)O)NS. The molecule has 0 saturated heterocycles. The van der Waals surface area contributed by atoms with Gasteiger partial charge in [0, 0.05) is 58.8 Å². The number of carboxylic acids is 4. The number of amides is 7. The highest BCUT2D eigenvalue weighted by atomic mass is 32.1. The Hall–Kier alpha value is -5.68. The van der Waals surface area contributed by atoms with Gasteiger partial charge in [-0.2, -0.15) is 0 Å². The number of unbranched alkanes of at least 4 members (excludes halogenated alkanes) is 14. The van der Waals surface area contributed by atoms with Gasteiger partial charge in [-0.25, -0.2) is 14.4 Å². The van der Waals surface area contributed by atoms with E-state index in [-0.39, 0.29) is 123 Å². The summed E-state index contributed by atoms with van der Waals surface area (Å²) in [7, 11) is 1.50. The monoisotopic (exact) mass is 1160 g/mol. The van der Waals surface area contributed by atoms with Crippen molar-refractivity contribution in [3.63, 3.8) is 0 Å². The molecule has 27 nitrogen and oxygen atoms in total. The van der Waals surface area contributed by atoms with Gasteiger partial charge in [0.25, 0.3) is 0 Å². The van der Waals surface area contributed by atoms with Crippen molar-refractivity contribution in [1.82, 2.24) is 41.9 Å². The zero-order valence-electron chi connectivity index (χ0n) is 46.6. The third kappa shape index (κ3) is 45.1. The maximum atomic E-state index is 12.5. The molecular formula is C52H92N8O19S. The first-order valence-electron chi connectivity index (χ1n) is 27.9. The molecule has 0 fully saturated rings. The molecule has 460 valence electrons. The van der Waals surface area contributed by atoms with Gasteiger partial charge in [0.15, 0.2) is 0 Å². The molecule has 0 aromatic heterocycles. The van der Waals surface area contributed by atoms with Crippen LogP contribution in [0.3, 0.4) is 0 Å². The topological polar surface area (TPSA) is 402 Å². The molecule has 0 aromatic rings. The van der Waals surface area contributed by atoms with Crippen LogP contribution < -0.4 is 41.9 Å². The lowest BCUT2D eigenvalue weighted by Crippen LogP contribution is -2.45. The Labute approximate surface area is 474 Å². The standard InChI is InChI=1S/C52H92N8O19S/c1-53-49(69)38(60-80)18-16-17-27-54-42(61)24-21-40(51(72)73)58-45(64)26-23-41(52(74)75)59-47(66)37-79-35-33-77-31-29-56-46(65)36-78-34-32-76-30-28-55-43(62)25-22-39(50(70)71)57-44(63)19-14-12-10-8-6-4-2-3-5-7-9-11-13-15-20-48(67)68/h38-41,60,80H,2-37H2,1H3,(H,53,69)(H,54,61)(H,55,62)(H,56,65)(H,57,63)(H,58,64)(H,59,66)(H,67,68)(H,70,71)(H,72,73)(H,74,75)/t38?,39?,40?,41-/m0/s1. The van der Waals surface area contributed by atoms with Crippen LogP contribution in [-0.2, 0) is 71.7 Å². The van der Waals surface area contributed by atoms with Crippen LogP contribution >= 0.6 is 12.8 Å². The first-order valence-corrected chi connectivity index (χ1v) is 28.3. The summed E-state index contributed by atoms with van der Waals surface area (Å²) in [5.41, 5.74) is 0. The molecule has 0 aliphatic carbocycles. The van der Waals surface area contributed by atoms with E-state index in [1.54, 1.807) is 0 Å². The number of ether oxygens (including phenoxy) is 4. The molecule has 0 spiro atoms. The van der Waals surface area contributed by atoms with Gasteiger partial charge in [-0.1, -0.05) is 89.9 Å². The second kappa shape index (κ2) is 50.3. The number of hydrogen-bond donors (Lipinski definition) is 13. The van der Waals surface area contributed by atoms with E-state index in [4.69, 9.17) is 24.1 Å². The number of carbonyl (C=O) groups is 11. The molecule has 0 bridgehead atoms. The van der Waals surface area contributed by atoms with Gasteiger partial charge in [0.1, 0.15) is 31.3 Å². The number of carbonyl (C=O) groups excluding carboxylic acids is 7. The van der Waals surface area contributed by atoms with Crippen LogP contribution in [0.1, 0.15) is 161 Å². The summed E-state index contributed by atoms with van der Waals surface area (Å²) < 4.78 is 23.8. The van der Waals surface area contributed by atoms with E-state index in [0.29, 0.717) is 25.7 Å². The third-order valence-corrected chi connectivity index (χ3v) is 12.5. The first-order chi connectivity index (χ1) is 38.4. The van der Waals surface area contributed by atoms with Crippen LogP contribution in [0, 0.1) is 0 Å². The number of hydrogen-bond acceptors (Lipinski definition) is 17. The van der Waals surface area contributed by atoms with Gasteiger partial charge in [0.05, 0.1) is 45.7 Å². The zero-order valence-corrected chi connectivity index (χ0v) is 47.5. The number of rotatable bonds is 55. The predicted octanol–water partition coefficient (Wildman–Crippen LogP) is 1.50. The second-order valence-corrected chi connectivity index (χ2v) is 19.3. The number of nitrogens with one attached hydrogen (secondary N) is 8. The van der Waals surface area contributed by atoms with E-state index < -0.39 is 90.6 Å². The van der Waals surface area contributed by atoms with Crippen molar-refractivity contribution in [2.24, 2.45) is 0 Å². The van der Waals surface area contributed by atoms with Crippen LogP contribution in [0.5, 0.6) is 0 Å². The van der Waals surface area contributed by atoms with Crippen molar-refractivity contribution in [3.8, 4) is 0 Å². The maximum absolute atomic E-state index is 12.5. The molecule has 0 rings (SSSR count). The fraction of sp³-hybridized carbons (Fsp3) is 0.788. The molecule has 3 unspecified atom stereocenters. The Bertz CT molecular complexity index is 1820. The average molecular weight is 1170 g/mol. The molecule has 0 radical (unpaired) electrons. The summed E-state index contributed by atoms with van der Waals surface area (Å²) in [5, 5.41) is 54.7. The highest BCUT2D eigenvalue weighted by Crippen LogP contribution is 2.14. The summed E-state index contributed by atoms with van der Waals surface area (Å²) in [6, 6.07) is -4.58. The minimum Gasteiger partial charge on any atom is -0.481 e. The largest absolute Gasteiger partial charge is 0.481 e. The van der Waals surface area contributed by atoms with E-state index in [9.17, 15) is 68.1 Å². The molecule has 28 heteroatoms. The number of thiol groups is 1. The van der Waals surface area contributed by atoms with Crippen molar-refractivity contribution in [3.05, 3.63) is 0 Å². The summed E-state index contributed by atoms with van der Waals surface area (Å²) >= 11 is 3.92. The van der Waals surface area contributed by atoms with E-state index in [1.807, 2.05) is 0 Å². The Balaban J connectivity index is 3.98. The van der Waals surface area contributed by atoms with Crippen molar-refractivity contribution in [2.75, 3.05) is 79.5 Å². The fourth-order valence-electron chi connectivity index (χ4n) is 7.70. The number of likely N-dealkylation sites (N-methyl/N-ethyl adjacent to an activating group) is 1. The normalized spacial score (nSPS) is 12.5. The van der Waals surface area contributed by atoms with Crippen molar-refractivity contribution in [1.29, 1.82) is 0 Å². The molecule has 7 amide bonds. The molecular weight excluding hydrogens is 1070 g/mol. The lowest BCUT2D eigenvalue weighted by atomic mass is 10.0. The predicted molar refractivity (Wildman–Crippen MR) is 294 cm³/mol. The van der Waals surface area contributed by atoms with Gasteiger partial charge in [-0.05, 0) is 51.4 Å². The van der Waals surface area contributed by atoms with Gasteiger partial charge in [0.2, 0.25) is 41.4 Å². The van der Waals surface area contributed by atoms with Crippen molar-refractivity contribution >= 4 is 78.0 Å². The Morgan fingerprint density at radius 1 is 0.362 bits per heavy atom.